The minimum Gasteiger partial charge on any atom is -0.490 e. The monoisotopic (exact) mass is 211 g/mol. The summed E-state index contributed by atoms with van der Waals surface area (Å²) >= 11 is 0. The fraction of sp³-hybridized carbons (Fsp3) is 0.500. The predicted octanol–water partition coefficient (Wildman–Crippen LogP) is 2.72. The number of benzene rings is 1. The summed E-state index contributed by atoms with van der Waals surface area (Å²) in [6.45, 7) is 3.28. The van der Waals surface area contributed by atoms with Gasteiger partial charge >= 0.3 is 0 Å². The van der Waals surface area contributed by atoms with Crippen LogP contribution in [0.1, 0.15) is 25.3 Å². The smallest absolute Gasteiger partial charge is 0.165 e. The molecular formula is C12H18FNO. The average molecular weight is 211 g/mol. The molecule has 0 saturated heterocycles. The zero-order chi connectivity index (χ0) is 11.1. The number of halogens is 1. The molecule has 0 fully saturated rings. The summed E-state index contributed by atoms with van der Waals surface area (Å²) in [6, 6.07) is 5.01. The molecule has 0 atom stereocenters. The lowest BCUT2D eigenvalue weighted by Gasteiger charge is -2.11. The SMILES string of the molecule is CCCCOc1c(F)cccc1CNC. The van der Waals surface area contributed by atoms with Crippen molar-refractivity contribution >= 4 is 0 Å². The highest BCUT2D eigenvalue weighted by Gasteiger charge is 2.08. The molecule has 1 rings (SSSR count). The first-order chi connectivity index (χ1) is 7.29. The molecule has 2 nitrogen and oxygen atoms in total. The van der Waals surface area contributed by atoms with Gasteiger partial charge in [0.2, 0.25) is 0 Å². The van der Waals surface area contributed by atoms with Crippen molar-refractivity contribution < 1.29 is 9.13 Å². The Labute approximate surface area is 90.4 Å². The van der Waals surface area contributed by atoms with Gasteiger partial charge in [0, 0.05) is 12.1 Å². The largest absolute Gasteiger partial charge is 0.490 e. The van der Waals surface area contributed by atoms with Crippen LogP contribution in [0.25, 0.3) is 0 Å². The van der Waals surface area contributed by atoms with Crippen molar-refractivity contribution in [2.45, 2.75) is 26.3 Å². The lowest BCUT2D eigenvalue weighted by atomic mass is 10.2. The van der Waals surface area contributed by atoms with Crippen LogP contribution in [0.2, 0.25) is 0 Å². The van der Waals surface area contributed by atoms with Crippen LogP contribution in [0, 0.1) is 5.82 Å². The van der Waals surface area contributed by atoms with Crippen LogP contribution >= 0.6 is 0 Å². The highest BCUT2D eigenvalue weighted by molar-refractivity contribution is 5.34. The van der Waals surface area contributed by atoms with Crippen molar-refractivity contribution in [3.05, 3.63) is 29.6 Å². The Morgan fingerprint density at radius 3 is 2.87 bits per heavy atom. The van der Waals surface area contributed by atoms with Gasteiger partial charge in [-0.15, -0.1) is 0 Å². The number of hydrogen-bond acceptors (Lipinski definition) is 2. The molecule has 84 valence electrons. The lowest BCUT2D eigenvalue weighted by Crippen LogP contribution is -2.09. The van der Waals surface area contributed by atoms with Crippen molar-refractivity contribution in [3.8, 4) is 5.75 Å². The standard InChI is InChI=1S/C12H18FNO/c1-3-4-8-15-12-10(9-14-2)6-5-7-11(12)13/h5-7,14H,3-4,8-9H2,1-2H3. The molecule has 0 aromatic heterocycles. The van der Waals surface area contributed by atoms with Gasteiger partial charge in [-0.1, -0.05) is 25.5 Å². The molecule has 0 radical (unpaired) electrons. The van der Waals surface area contributed by atoms with E-state index in [1.807, 2.05) is 13.1 Å². The van der Waals surface area contributed by atoms with Crippen LogP contribution in [-0.4, -0.2) is 13.7 Å². The first-order valence-electron chi connectivity index (χ1n) is 5.34. The Bertz CT molecular complexity index is 302. The maximum atomic E-state index is 13.4. The second-order valence-corrected chi connectivity index (χ2v) is 3.46. The van der Waals surface area contributed by atoms with Gasteiger partial charge < -0.3 is 10.1 Å². The molecule has 15 heavy (non-hydrogen) atoms. The summed E-state index contributed by atoms with van der Waals surface area (Å²) in [6.07, 6.45) is 2.00. The molecule has 0 aliphatic carbocycles. The molecule has 0 bridgehead atoms. The number of para-hydroxylation sites is 1. The molecular weight excluding hydrogens is 193 g/mol. The second kappa shape index (κ2) is 6.40. The second-order valence-electron chi connectivity index (χ2n) is 3.46. The Balaban J connectivity index is 2.72. The topological polar surface area (TPSA) is 21.3 Å². The molecule has 1 aromatic rings. The zero-order valence-corrected chi connectivity index (χ0v) is 9.35. The Kier molecular flexibility index (Phi) is 5.12. The molecule has 3 heteroatoms. The van der Waals surface area contributed by atoms with Crippen LogP contribution in [0.15, 0.2) is 18.2 Å². The molecule has 0 spiro atoms. The fourth-order valence-corrected chi connectivity index (χ4v) is 1.36. The number of nitrogens with one attached hydrogen (secondary N) is 1. The van der Waals surface area contributed by atoms with E-state index in [2.05, 4.69) is 12.2 Å². The third kappa shape index (κ3) is 3.51. The number of hydrogen-bond donors (Lipinski definition) is 1. The highest BCUT2D eigenvalue weighted by atomic mass is 19.1. The zero-order valence-electron chi connectivity index (χ0n) is 9.35. The van der Waals surface area contributed by atoms with Crippen molar-refractivity contribution in [1.82, 2.24) is 5.32 Å². The van der Waals surface area contributed by atoms with Crippen molar-refractivity contribution in [2.75, 3.05) is 13.7 Å². The van der Waals surface area contributed by atoms with E-state index in [1.165, 1.54) is 6.07 Å². The molecule has 0 amide bonds. The Hall–Kier alpha value is -1.09. The van der Waals surface area contributed by atoms with E-state index < -0.39 is 0 Å². The molecule has 0 aliphatic heterocycles. The van der Waals surface area contributed by atoms with Crippen LogP contribution in [-0.2, 0) is 6.54 Å². The minimum absolute atomic E-state index is 0.279. The molecule has 0 saturated carbocycles. The molecule has 1 aromatic carbocycles. The van der Waals surface area contributed by atoms with Crippen LogP contribution < -0.4 is 10.1 Å². The summed E-state index contributed by atoms with van der Waals surface area (Å²) in [5.74, 6) is 0.110. The van der Waals surface area contributed by atoms with Gasteiger partial charge in [0.1, 0.15) is 0 Å². The van der Waals surface area contributed by atoms with Crippen molar-refractivity contribution in [3.63, 3.8) is 0 Å². The summed E-state index contributed by atoms with van der Waals surface area (Å²) in [5, 5.41) is 3.00. The Morgan fingerprint density at radius 1 is 1.40 bits per heavy atom. The van der Waals surface area contributed by atoms with Crippen LogP contribution in [0.5, 0.6) is 5.75 Å². The van der Waals surface area contributed by atoms with Gasteiger partial charge in [-0.05, 0) is 19.5 Å². The fourth-order valence-electron chi connectivity index (χ4n) is 1.36. The van der Waals surface area contributed by atoms with Gasteiger partial charge in [0.15, 0.2) is 11.6 Å². The minimum atomic E-state index is -0.279. The summed E-state index contributed by atoms with van der Waals surface area (Å²) in [4.78, 5) is 0. The van der Waals surface area contributed by atoms with Crippen molar-refractivity contribution in [2.24, 2.45) is 0 Å². The molecule has 0 unspecified atom stereocenters. The summed E-state index contributed by atoms with van der Waals surface area (Å²) < 4.78 is 18.9. The number of ether oxygens (including phenoxy) is 1. The average Bonchev–Trinajstić information content (AvgIpc) is 2.23. The van der Waals surface area contributed by atoms with Gasteiger partial charge in [-0.2, -0.15) is 0 Å². The predicted molar refractivity (Wildman–Crippen MR) is 59.6 cm³/mol. The van der Waals surface area contributed by atoms with Crippen LogP contribution in [0.4, 0.5) is 4.39 Å². The highest BCUT2D eigenvalue weighted by Crippen LogP contribution is 2.22. The third-order valence-electron chi connectivity index (χ3n) is 2.16. The molecule has 0 aliphatic rings. The van der Waals surface area contributed by atoms with E-state index in [1.54, 1.807) is 6.07 Å². The molecule has 1 N–H and O–H groups in total. The first-order valence-corrected chi connectivity index (χ1v) is 5.34. The third-order valence-corrected chi connectivity index (χ3v) is 2.16. The quantitative estimate of drug-likeness (QED) is 0.730. The van der Waals surface area contributed by atoms with Gasteiger partial charge in [0.05, 0.1) is 6.61 Å². The lowest BCUT2D eigenvalue weighted by molar-refractivity contribution is 0.290. The van der Waals surface area contributed by atoms with Gasteiger partial charge in [0.25, 0.3) is 0 Å². The maximum absolute atomic E-state index is 13.4. The summed E-state index contributed by atoms with van der Waals surface area (Å²) in [5.41, 5.74) is 0.869. The maximum Gasteiger partial charge on any atom is 0.165 e. The van der Waals surface area contributed by atoms with E-state index in [9.17, 15) is 4.39 Å². The normalized spacial score (nSPS) is 10.3. The van der Waals surface area contributed by atoms with Gasteiger partial charge in [-0.25, -0.2) is 4.39 Å². The van der Waals surface area contributed by atoms with E-state index in [0.717, 1.165) is 18.4 Å². The first kappa shape index (κ1) is 12.0. The van der Waals surface area contributed by atoms with E-state index >= 15 is 0 Å². The van der Waals surface area contributed by atoms with Crippen molar-refractivity contribution in [1.29, 1.82) is 0 Å². The van der Waals surface area contributed by atoms with Gasteiger partial charge in [-0.3, -0.25) is 0 Å². The van der Waals surface area contributed by atoms with E-state index in [4.69, 9.17) is 4.74 Å². The Morgan fingerprint density at radius 2 is 2.20 bits per heavy atom. The number of rotatable bonds is 6. The number of unbranched alkanes of at least 4 members (excludes halogenated alkanes) is 1. The molecule has 0 heterocycles. The van der Waals surface area contributed by atoms with Crippen LogP contribution in [0.3, 0.4) is 0 Å². The summed E-state index contributed by atoms with van der Waals surface area (Å²) in [7, 11) is 1.83. The van der Waals surface area contributed by atoms with E-state index in [-0.39, 0.29) is 5.82 Å². The van der Waals surface area contributed by atoms with E-state index in [0.29, 0.717) is 18.9 Å².